The summed E-state index contributed by atoms with van der Waals surface area (Å²) < 4.78 is 0. The van der Waals surface area contributed by atoms with E-state index in [2.05, 4.69) is 0 Å². The number of amides is 2. The fourth-order valence-corrected chi connectivity index (χ4v) is 3.79. The second-order valence-electron chi connectivity index (χ2n) is 6.38. The maximum absolute atomic E-state index is 12.2. The Hall–Kier alpha value is -0.810. The molecule has 6 heteroatoms. The van der Waals surface area contributed by atoms with Crippen molar-refractivity contribution in [2.24, 2.45) is 17.6 Å². The molecule has 0 aromatic heterocycles. The molecule has 3 atom stereocenters. The lowest BCUT2D eigenvalue weighted by Crippen LogP contribution is -2.34. The van der Waals surface area contributed by atoms with E-state index in [9.17, 15) is 9.59 Å². The molecule has 3 unspecified atom stereocenters. The largest absolute Gasteiger partial charge is 0.343 e. The van der Waals surface area contributed by atoms with Gasteiger partial charge in [-0.25, -0.2) is 0 Å². The van der Waals surface area contributed by atoms with Crippen LogP contribution in [0.15, 0.2) is 0 Å². The molecule has 0 aromatic carbocycles. The van der Waals surface area contributed by atoms with E-state index in [0.717, 1.165) is 39.0 Å². The van der Waals surface area contributed by atoms with Crippen LogP contribution in [-0.2, 0) is 9.59 Å². The Morgan fingerprint density at radius 2 is 1.82 bits per heavy atom. The van der Waals surface area contributed by atoms with Crippen molar-refractivity contribution in [3.63, 3.8) is 0 Å². The van der Waals surface area contributed by atoms with Crippen molar-refractivity contribution in [1.29, 1.82) is 0 Å². The average Bonchev–Trinajstić information content (AvgIpc) is 3.03. The van der Waals surface area contributed by atoms with Gasteiger partial charge in [0.25, 0.3) is 0 Å². The first-order valence-corrected chi connectivity index (χ1v) is 8.37. The number of fused-ring (bicyclic) bond motifs is 1. The van der Waals surface area contributed by atoms with Crippen molar-refractivity contribution in [2.75, 3.05) is 26.2 Å². The lowest BCUT2D eigenvalue weighted by Gasteiger charge is -2.20. The molecule has 0 bridgehead atoms. The maximum Gasteiger partial charge on any atom is 0.222 e. The number of nitrogens with zero attached hydrogens (tertiary/aromatic N) is 2. The van der Waals surface area contributed by atoms with E-state index < -0.39 is 0 Å². The molecule has 22 heavy (non-hydrogen) atoms. The average molecular weight is 332 g/mol. The number of hydrogen-bond acceptors (Lipinski definition) is 3. The zero-order valence-electron chi connectivity index (χ0n) is 13.8. The number of hydrogen-bond donors (Lipinski definition) is 1. The molecule has 1 saturated heterocycles. The lowest BCUT2D eigenvalue weighted by atomic mass is 9.98. The summed E-state index contributed by atoms with van der Waals surface area (Å²) in [6, 6.07) is 0.275. The lowest BCUT2D eigenvalue weighted by molar-refractivity contribution is -0.132. The Bertz CT molecular complexity index is 388. The number of rotatable bonds is 6. The van der Waals surface area contributed by atoms with Gasteiger partial charge in [0.15, 0.2) is 0 Å². The van der Waals surface area contributed by atoms with Gasteiger partial charge in [-0.2, -0.15) is 0 Å². The highest BCUT2D eigenvalue weighted by Gasteiger charge is 2.42. The Kier molecular flexibility index (Phi) is 7.63. The number of halogens is 1. The topological polar surface area (TPSA) is 66.6 Å². The molecule has 1 aliphatic carbocycles. The summed E-state index contributed by atoms with van der Waals surface area (Å²) in [4.78, 5) is 27.9. The third kappa shape index (κ3) is 4.35. The third-order valence-electron chi connectivity index (χ3n) is 5.16. The van der Waals surface area contributed by atoms with Crippen LogP contribution in [-0.4, -0.2) is 53.8 Å². The van der Waals surface area contributed by atoms with Gasteiger partial charge >= 0.3 is 0 Å². The van der Waals surface area contributed by atoms with Gasteiger partial charge in [-0.1, -0.05) is 0 Å². The Morgan fingerprint density at radius 3 is 2.41 bits per heavy atom. The van der Waals surface area contributed by atoms with Crippen LogP contribution in [0, 0.1) is 11.8 Å². The van der Waals surface area contributed by atoms with E-state index >= 15 is 0 Å². The zero-order valence-corrected chi connectivity index (χ0v) is 14.6. The SMILES string of the molecule is CCN(CC)C(=O)CCCC(=O)N1CC2CCC(N)C2C1.Cl. The van der Waals surface area contributed by atoms with E-state index in [0.29, 0.717) is 31.1 Å². The Labute approximate surface area is 140 Å². The fourth-order valence-electron chi connectivity index (χ4n) is 3.79. The minimum Gasteiger partial charge on any atom is -0.343 e. The van der Waals surface area contributed by atoms with Gasteiger partial charge in [-0.15, -0.1) is 12.4 Å². The van der Waals surface area contributed by atoms with Crippen LogP contribution in [0.25, 0.3) is 0 Å². The van der Waals surface area contributed by atoms with Crippen LogP contribution in [0.4, 0.5) is 0 Å². The molecule has 128 valence electrons. The van der Waals surface area contributed by atoms with Crippen LogP contribution in [0.1, 0.15) is 46.0 Å². The van der Waals surface area contributed by atoms with Gasteiger partial charge in [-0.3, -0.25) is 9.59 Å². The number of carbonyl (C=O) groups is 2. The quantitative estimate of drug-likeness (QED) is 0.804. The summed E-state index contributed by atoms with van der Waals surface area (Å²) in [5, 5.41) is 0. The molecule has 1 heterocycles. The second kappa shape index (κ2) is 8.73. The summed E-state index contributed by atoms with van der Waals surface area (Å²) in [5.74, 6) is 1.48. The summed E-state index contributed by atoms with van der Waals surface area (Å²) in [6.45, 7) is 7.17. The smallest absolute Gasteiger partial charge is 0.222 e. The van der Waals surface area contributed by atoms with Crippen molar-refractivity contribution >= 4 is 24.2 Å². The van der Waals surface area contributed by atoms with Gasteiger partial charge < -0.3 is 15.5 Å². The maximum atomic E-state index is 12.2. The van der Waals surface area contributed by atoms with Crippen LogP contribution in [0.2, 0.25) is 0 Å². The molecular formula is C16H30ClN3O2. The molecule has 2 fully saturated rings. The number of carbonyl (C=O) groups excluding carboxylic acids is 2. The molecule has 5 nitrogen and oxygen atoms in total. The minimum atomic E-state index is 0. The highest BCUT2D eigenvalue weighted by Crippen LogP contribution is 2.37. The highest BCUT2D eigenvalue weighted by molar-refractivity contribution is 5.85. The molecule has 1 saturated carbocycles. The van der Waals surface area contributed by atoms with Gasteiger partial charge in [0.2, 0.25) is 11.8 Å². The summed E-state index contributed by atoms with van der Waals surface area (Å²) in [7, 11) is 0. The van der Waals surface area contributed by atoms with E-state index in [1.54, 1.807) is 0 Å². The van der Waals surface area contributed by atoms with E-state index in [1.165, 1.54) is 0 Å². The second-order valence-corrected chi connectivity index (χ2v) is 6.38. The van der Waals surface area contributed by atoms with Gasteiger partial charge in [0, 0.05) is 45.1 Å². The van der Waals surface area contributed by atoms with Crippen LogP contribution < -0.4 is 5.73 Å². The van der Waals surface area contributed by atoms with E-state index in [4.69, 9.17) is 5.73 Å². The van der Waals surface area contributed by atoms with E-state index in [1.807, 2.05) is 23.6 Å². The first-order chi connectivity index (χ1) is 10.1. The molecule has 2 aliphatic rings. The number of nitrogens with two attached hydrogens (primary N) is 1. The predicted molar refractivity (Wildman–Crippen MR) is 89.8 cm³/mol. The first kappa shape index (κ1) is 19.2. The summed E-state index contributed by atoms with van der Waals surface area (Å²) in [6.07, 6.45) is 3.90. The van der Waals surface area contributed by atoms with Gasteiger partial charge in [0.05, 0.1) is 0 Å². The van der Waals surface area contributed by atoms with Crippen LogP contribution in [0.3, 0.4) is 0 Å². The summed E-state index contributed by atoms with van der Waals surface area (Å²) >= 11 is 0. The molecule has 0 radical (unpaired) electrons. The molecule has 2 amide bonds. The molecule has 0 spiro atoms. The minimum absolute atomic E-state index is 0. The van der Waals surface area contributed by atoms with Crippen molar-refractivity contribution in [1.82, 2.24) is 9.80 Å². The normalized spacial score (nSPS) is 26.5. The molecule has 1 aliphatic heterocycles. The van der Waals surface area contributed by atoms with E-state index in [-0.39, 0.29) is 30.3 Å². The zero-order chi connectivity index (χ0) is 15.4. The van der Waals surface area contributed by atoms with Gasteiger partial charge in [0.1, 0.15) is 0 Å². The van der Waals surface area contributed by atoms with Crippen LogP contribution >= 0.6 is 12.4 Å². The van der Waals surface area contributed by atoms with Crippen molar-refractivity contribution in [3.05, 3.63) is 0 Å². The van der Waals surface area contributed by atoms with Gasteiger partial charge in [-0.05, 0) is 44.9 Å². The van der Waals surface area contributed by atoms with Crippen molar-refractivity contribution < 1.29 is 9.59 Å². The highest BCUT2D eigenvalue weighted by atomic mass is 35.5. The third-order valence-corrected chi connectivity index (χ3v) is 5.16. The van der Waals surface area contributed by atoms with Crippen LogP contribution in [0.5, 0.6) is 0 Å². The van der Waals surface area contributed by atoms with Crippen molar-refractivity contribution in [3.8, 4) is 0 Å². The monoisotopic (exact) mass is 331 g/mol. The molecule has 0 aromatic rings. The molecule has 2 N–H and O–H groups in total. The predicted octanol–water partition coefficient (Wildman–Crippen LogP) is 1.64. The Morgan fingerprint density at radius 1 is 1.14 bits per heavy atom. The fraction of sp³-hybridized carbons (Fsp3) is 0.875. The Balaban J connectivity index is 0.00000242. The molecular weight excluding hydrogens is 302 g/mol. The first-order valence-electron chi connectivity index (χ1n) is 8.37. The molecule has 2 rings (SSSR count). The number of likely N-dealkylation sites (tertiary alicyclic amines) is 1. The van der Waals surface area contributed by atoms with Crippen molar-refractivity contribution in [2.45, 2.75) is 52.0 Å². The standard InChI is InChI=1S/C16H29N3O2.ClH/c1-3-18(4-2)15(20)6-5-7-16(21)19-10-12-8-9-14(17)13(12)11-19;/h12-14H,3-11,17H2,1-2H3;1H. The summed E-state index contributed by atoms with van der Waals surface area (Å²) in [5.41, 5.74) is 6.10.